The van der Waals surface area contributed by atoms with E-state index in [1.54, 1.807) is 0 Å². The first-order chi connectivity index (χ1) is 11.8. The van der Waals surface area contributed by atoms with Crippen molar-refractivity contribution in [3.8, 4) is 0 Å². The first-order valence-corrected chi connectivity index (χ1v) is 9.67. The van der Waals surface area contributed by atoms with E-state index in [1.165, 1.54) is 12.1 Å². The van der Waals surface area contributed by atoms with Gasteiger partial charge in [-0.25, -0.2) is 12.8 Å². The maximum absolute atomic E-state index is 13.0. The molecule has 25 heavy (non-hydrogen) atoms. The van der Waals surface area contributed by atoms with E-state index in [0.717, 1.165) is 28.3 Å². The molecule has 0 spiro atoms. The molecule has 1 atom stereocenters. The molecule has 0 unspecified atom stereocenters. The van der Waals surface area contributed by atoms with Gasteiger partial charge in [0.15, 0.2) is 0 Å². The molecule has 2 rings (SSSR count). The highest BCUT2D eigenvalue weighted by atomic mass is 32.2. The van der Waals surface area contributed by atoms with Crippen molar-refractivity contribution in [2.24, 2.45) is 0 Å². The standard InChI is InChI=1S/C18H21FN2O3S/c1-14(15-6-4-3-5-7-15)12-20-18(22)13-21(25(2,23)24)17-10-8-16(19)9-11-17/h3-11,14H,12-13H2,1-2H3,(H,20,22)/t14-/m1/s1. The zero-order chi connectivity index (χ0) is 18.4. The van der Waals surface area contributed by atoms with Crippen LogP contribution in [0, 0.1) is 5.82 Å². The van der Waals surface area contributed by atoms with Gasteiger partial charge >= 0.3 is 0 Å². The number of nitrogens with one attached hydrogen (secondary N) is 1. The van der Waals surface area contributed by atoms with Crippen LogP contribution >= 0.6 is 0 Å². The summed E-state index contributed by atoms with van der Waals surface area (Å²) in [5.41, 5.74) is 1.33. The van der Waals surface area contributed by atoms with E-state index in [4.69, 9.17) is 0 Å². The van der Waals surface area contributed by atoms with E-state index in [0.29, 0.717) is 6.54 Å². The molecule has 0 fully saturated rings. The van der Waals surface area contributed by atoms with Crippen molar-refractivity contribution >= 4 is 21.6 Å². The number of anilines is 1. The predicted molar refractivity (Wildman–Crippen MR) is 96.5 cm³/mol. The van der Waals surface area contributed by atoms with Gasteiger partial charge in [0.05, 0.1) is 11.9 Å². The van der Waals surface area contributed by atoms with Gasteiger partial charge in [0.2, 0.25) is 15.9 Å². The van der Waals surface area contributed by atoms with Crippen molar-refractivity contribution in [1.82, 2.24) is 5.32 Å². The zero-order valence-electron chi connectivity index (χ0n) is 14.1. The first-order valence-electron chi connectivity index (χ1n) is 7.82. The molecule has 0 aliphatic heterocycles. The number of sulfonamides is 1. The second-order valence-electron chi connectivity index (χ2n) is 5.86. The van der Waals surface area contributed by atoms with Crippen molar-refractivity contribution in [3.05, 3.63) is 66.0 Å². The number of benzene rings is 2. The molecule has 0 saturated carbocycles. The summed E-state index contributed by atoms with van der Waals surface area (Å²) in [6.07, 6.45) is 1.01. The van der Waals surface area contributed by atoms with Gasteiger partial charge in [0.1, 0.15) is 12.4 Å². The summed E-state index contributed by atoms with van der Waals surface area (Å²) in [5, 5.41) is 2.75. The van der Waals surface area contributed by atoms with Gasteiger partial charge in [-0.05, 0) is 35.7 Å². The van der Waals surface area contributed by atoms with Crippen molar-refractivity contribution in [1.29, 1.82) is 0 Å². The number of amides is 1. The molecule has 2 aromatic rings. The third kappa shape index (κ3) is 5.56. The summed E-state index contributed by atoms with van der Waals surface area (Å²) < 4.78 is 37.9. The number of carbonyl (C=O) groups excluding carboxylic acids is 1. The molecule has 0 aromatic heterocycles. The van der Waals surface area contributed by atoms with E-state index < -0.39 is 21.7 Å². The Morgan fingerprint density at radius 1 is 1.12 bits per heavy atom. The summed E-state index contributed by atoms with van der Waals surface area (Å²) in [6, 6.07) is 14.7. The zero-order valence-corrected chi connectivity index (χ0v) is 15.0. The minimum absolute atomic E-state index is 0.0997. The number of halogens is 1. The Morgan fingerprint density at radius 3 is 2.28 bits per heavy atom. The highest BCUT2D eigenvalue weighted by Gasteiger charge is 2.21. The SMILES string of the molecule is C[C@H](CNC(=O)CN(c1ccc(F)cc1)S(C)(=O)=O)c1ccccc1. The quantitative estimate of drug-likeness (QED) is 0.821. The average Bonchev–Trinajstić information content (AvgIpc) is 2.58. The number of nitrogens with zero attached hydrogens (tertiary/aromatic N) is 1. The van der Waals surface area contributed by atoms with Gasteiger partial charge in [0.25, 0.3) is 0 Å². The number of carbonyl (C=O) groups is 1. The summed E-state index contributed by atoms with van der Waals surface area (Å²) in [5.74, 6) is -0.793. The van der Waals surface area contributed by atoms with Gasteiger partial charge in [-0.1, -0.05) is 37.3 Å². The van der Waals surface area contributed by atoms with Crippen molar-refractivity contribution in [2.45, 2.75) is 12.8 Å². The largest absolute Gasteiger partial charge is 0.354 e. The minimum Gasteiger partial charge on any atom is -0.354 e. The molecule has 1 N–H and O–H groups in total. The summed E-state index contributed by atoms with van der Waals surface area (Å²) in [7, 11) is -3.67. The monoisotopic (exact) mass is 364 g/mol. The van der Waals surface area contributed by atoms with Crippen LogP contribution in [-0.4, -0.2) is 33.7 Å². The van der Waals surface area contributed by atoms with E-state index in [1.807, 2.05) is 37.3 Å². The number of hydrogen-bond acceptors (Lipinski definition) is 3. The molecule has 0 radical (unpaired) electrons. The molecular formula is C18H21FN2O3S. The Bertz CT molecular complexity index is 808. The van der Waals surface area contributed by atoms with E-state index >= 15 is 0 Å². The maximum atomic E-state index is 13.0. The highest BCUT2D eigenvalue weighted by Crippen LogP contribution is 2.18. The van der Waals surface area contributed by atoms with Crippen LogP contribution < -0.4 is 9.62 Å². The van der Waals surface area contributed by atoms with Crippen LogP contribution in [0.15, 0.2) is 54.6 Å². The summed E-state index contributed by atoms with van der Waals surface area (Å²) in [6.45, 7) is 2.01. The lowest BCUT2D eigenvalue weighted by atomic mass is 10.0. The fourth-order valence-corrected chi connectivity index (χ4v) is 3.22. The third-order valence-electron chi connectivity index (χ3n) is 3.78. The normalized spacial score (nSPS) is 12.4. The molecular weight excluding hydrogens is 343 g/mol. The first kappa shape index (κ1) is 18.9. The predicted octanol–water partition coefficient (Wildman–Crippen LogP) is 2.51. The van der Waals surface area contributed by atoms with Gasteiger partial charge in [-0.3, -0.25) is 9.10 Å². The summed E-state index contributed by atoms with van der Waals surface area (Å²) in [4.78, 5) is 12.2. The molecule has 7 heteroatoms. The minimum atomic E-state index is -3.67. The van der Waals surface area contributed by atoms with Gasteiger partial charge in [0, 0.05) is 6.54 Å². The molecule has 0 heterocycles. The lowest BCUT2D eigenvalue weighted by Gasteiger charge is -2.22. The lowest BCUT2D eigenvalue weighted by Crippen LogP contribution is -2.41. The van der Waals surface area contributed by atoms with E-state index in [-0.39, 0.29) is 18.2 Å². The number of rotatable bonds is 7. The topological polar surface area (TPSA) is 66.5 Å². The highest BCUT2D eigenvalue weighted by molar-refractivity contribution is 7.92. The third-order valence-corrected chi connectivity index (χ3v) is 4.92. The fraction of sp³-hybridized carbons (Fsp3) is 0.278. The van der Waals surface area contributed by atoms with Crippen LogP contribution in [-0.2, 0) is 14.8 Å². The molecule has 5 nitrogen and oxygen atoms in total. The van der Waals surface area contributed by atoms with Crippen molar-refractivity contribution in [2.75, 3.05) is 23.7 Å². The van der Waals surface area contributed by atoms with Crippen LogP contribution in [0.2, 0.25) is 0 Å². The van der Waals surface area contributed by atoms with Crippen LogP contribution in [0.4, 0.5) is 10.1 Å². The van der Waals surface area contributed by atoms with Crippen LogP contribution in [0.25, 0.3) is 0 Å². The van der Waals surface area contributed by atoms with Crippen LogP contribution in [0.1, 0.15) is 18.4 Å². The average molecular weight is 364 g/mol. The molecule has 0 bridgehead atoms. The smallest absolute Gasteiger partial charge is 0.240 e. The Labute approximate surface area is 147 Å². The van der Waals surface area contributed by atoms with E-state index in [2.05, 4.69) is 5.32 Å². The summed E-state index contributed by atoms with van der Waals surface area (Å²) >= 11 is 0. The Hall–Kier alpha value is -2.41. The molecule has 1 amide bonds. The van der Waals surface area contributed by atoms with E-state index in [9.17, 15) is 17.6 Å². The second-order valence-corrected chi connectivity index (χ2v) is 7.77. The Morgan fingerprint density at radius 2 is 1.72 bits per heavy atom. The van der Waals surface area contributed by atoms with Gasteiger partial charge in [-0.2, -0.15) is 0 Å². The molecule has 0 aliphatic rings. The molecule has 2 aromatic carbocycles. The van der Waals surface area contributed by atoms with Crippen LogP contribution in [0.3, 0.4) is 0 Å². The molecule has 0 aliphatic carbocycles. The maximum Gasteiger partial charge on any atom is 0.240 e. The molecule has 0 saturated heterocycles. The Balaban J connectivity index is 2.01. The number of hydrogen-bond donors (Lipinski definition) is 1. The van der Waals surface area contributed by atoms with Gasteiger partial charge in [-0.15, -0.1) is 0 Å². The van der Waals surface area contributed by atoms with Crippen molar-refractivity contribution in [3.63, 3.8) is 0 Å². The Kier molecular flexibility index (Phi) is 6.14. The van der Waals surface area contributed by atoms with Gasteiger partial charge < -0.3 is 5.32 Å². The van der Waals surface area contributed by atoms with Crippen LogP contribution in [0.5, 0.6) is 0 Å². The van der Waals surface area contributed by atoms with Crippen molar-refractivity contribution < 1.29 is 17.6 Å². The lowest BCUT2D eigenvalue weighted by molar-refractivity contribution is -0.119. The second kappa shape index (κ2) is 8.11. The molecule has 134 valence electrons. The fourth-order valence-electron chi connectivity index (χ4n) is 2.36.